The summed E-state index contributed by atoms with van der Waals surface area (Å²) in [6, 6.07) is 68.5. The Kier molecular flexibility index (Phi) is 6.55. The Labute approximate surface area is 337 Å². The van der Waals surface area contributed by atoms with E-state index in [9.17, 15) is 0 Å². The van der Waals surface area contributed by atoms with Gasteiger partial charge in [-0.2, -0.15) is 0 Å². The molecule has 12 aromatic rings. The van der Waals surface area contributed by atoms with Crippen LogP contribution in [0.15, 0.2) is 192 Å². The van der Waals surface area contributed by atoms with Crippen LogP contribution in [-0.2, 0) is 5.54 Å². The second-order valence-corrected chi connectivity index (χ2v) is 16.5. The Morgan fingerprint density at radius 1 is 0.517 bits per heavy atom. The summed E-state index contributed by atoms with van der Waals surface area (Å²) in [6.07, 6.45) is 0. The van der Waals surface area contributed by atoms with Gasteiger partial charge in [0.25, 0.3) is 0 Å². The Bertz CT molecular complexity index is 3630. The van der Waals surface area contributed by atoms with Gasteiger partial charge in [-0.05, 0) is 71.3 Å². The molecular formula is C53H33N3OS. The minimum Gasteiger partial charge on any atom is -0.456 e. The quantitative estimate of drug-likeness (QED) is 0.194. The lowest BCUT2D eigenvalue weighted by atomic mass is 9.67. The normalized spacial score (nSPS) is 16.8. The number of aromatic amines is 1. The molecule has 0 aliphatic carbocycles. The van der Waals surface area contributed by atoms with E-state index in [0.717, 1.165) is 55.4 Å². The van der Waals surface area contributed by atoms with Gasteiger partial charge in [-0.25, -0.2) is 4.98 Å². The zero-order chi connectivity index (χ0) is 38.0. The first-order valence-electron chi connectivity index (χ1n) is 19.8. The SMILES string of the molecule is c1ccc2c(c1)C(c1cccc3oc4ccccc4c13)C(c1cccc3c1[nH]c1ccccc13)(c1cccc3sc4ccccc4c13)N2c1ccc2ccccc2n1. The predicted octanol–water partition coefficient (Wildman–Crippen LogP) is 14.4. The molecule has 13 rings (SSSR count). The van der Waals surface area contributed by atoms with Gasteiger partial charge in [-0.1, -0.05) is 133 Å². The average molecular weight is 760 g/mol. The average Bonchev–Trinajstić information content (AvgIpc) is 4.04. The molecule has 1 N–H and O–H groups in total. The largest absolute Gasteiger partial charge is 0.456 e. The summed E-state index contributed by atoms with van der Waals surface area (Å²) in [5, 5.41) is 8.30. The number of H-pyrrole nitrogens is 1. The van der Waals surface area contributed by atoms with E-state index in [1.165, 1.54) is 53.2 Å². The van der Waals surface area contributed by atoms with Crippen molar-refractivity contribution in [1.82, 2.24) is 9.97 Å². The molecule has 4 nitrogen and oxygen atoms in total. The molecule has 5 heterocycles. The van der Waals surface area contributed by atoms with Gasteiger partial charge in [-0.3, -0.25) is 0 Å². The number of hydrogen-bond acceptors (Lipinski definition) is 4. The molecule has 0 saturated carbocycles. The topological polar surface area (TPSA) is 45.1 Å². The Morgan fingerprint density at radius 2 is 1.21 bits per heavy atom. The van der Waals surface area contributed by atoms with Crippen LogP contribution in [0.2, 0.25) is 0 Å². The first-order chi connectivity index (χ1) is 28.8. The van der Waals surface area contributed by atoms with Gasteiger partial charge in [0.1, 0.15) is 22.5 Å². The van der Waals surface area contributed by atoms with Gasteiger partial charge < -0.3 is 14.3 Å². The lowest BCUT2D eigenvalue weighted by molar-refractivity contribution is 0.501. The molecule has 0 radical (unpaired) electrons. The van der Waals surface area contributed by atoms with Crippen LogP contribution >= 0.6 is 11.3 Å². The molecule has 5 heteroatoms. The predicted molar refractivity (Wildman–Crippen MR) is 242 cm³/mol. The van der Waals surface area contributed by atoms with Gasteiger partial charge in [0.15, 0.2) is 0 Å². The first-order valence-corrected chi connectivity index (χ1v) is 20.6. The number of nitrogens with zero attached hydrogens (tertiary/aromatic N) is 2. The summed E-state index contributed by atoms with van der Waals surface area (Å²) in [4.78, 5) is 12.2. The maximum Gasteiger partial charge on any atom is 0.135 e. The minimum atomic E-state index is -0.879. The number of nitrogens with one attached hydrogen (secondary N) is 1. The van der Waals surface area contributed by atoms with Gasteiger partial charge in [0.05, 0.1) is 11.0 Å². The van der Waals surface area contributed by atoms with E-state index in [1.54, 1.807) is 0 Å². The molecule has 58 heavy (non-hydrogen) atoms. The van der Waals surface area contributed by atoms with Crippen LogP contribution in [0.3, 0.4) is 0 Å². The van der Waals surface area contributed by atoms with E-state index < -0.39 is 5.54 Å². The van der Waals surface area contributed by atoms with Crippen LogP contribution < -0.4 is 4.90 Å². The van der Waals surface area contributed by atoms with E-state index in [-0.39, 0.29) is 5.92 Å². The smallest absolute Gasteiger partial charge is 0.135 e. The van der Waals surface area contributed by atoms with Crippen molar-refractivity contribution in [2.45, 2.75) is 11.5 Å². The molecule has 0 amide bonds. The molecule has 272 valence electrons. The third-order valence-corrected chi connectivity index (χ3v) is 13.7. The number of hydrogen-bond donors (Lipinski definition) is 1. The van der Waals surface area contributed by atoms with Crippen molar-refractivity contribution >= 4 is 97.7 Å². The highest BCUT2D eigenvalue weighted by molar-refractivity contribution is 7.25. The van der Waals surface area contributed by atoms with Crippen molar-refractivity contribution in [2.24, 2.45) is 0 Å². The maximum absolute atomic E-state index is 6.68. The molecule has 2 atom stereocenters. The van der Waals surface area contributed by atoms with E-state index in [0.29, 0.717) is 0 Å². The number of benzene rings is 8. The number of furan rings is 1. The van der Waals surface area contributed by atoms with Crippen LogP contribution in [0, 0.1) is 0 Å². The minimum absolute atomic E-state index is 0.219. The number of fused-ring (bicyclic) bond motifs is 11. The second kappa shape index (κ2) is 11.9. The summed E-state index contributed by atoms with van der Waals surface area (Å²) in [7, 11) is 0. The third-order valence-electron chi connectivity index (χ3n) is 12.6. The van der Waals surface area contributed by atoms with Crippen molar-refractivity contribution < 1.29 is 4.42 Å². The van der Waals surface area contributed by atoms with Crippen molar-refractivity contribution in [3.63, 3.8) is 0 Å². The van der Waals surface area contributed by atoms with Crippen LogP contribution in [0.4, 0.5) is 11.5 Å². The maximum atomic E-state index is 6.68. The summed E-state index contributed by atoms with van der Waals surface area (Å²) in [6.45, 7) is 0. The fourth-order valence-electron chi connectivity index (χ4n) is 10.4. The summed E-state index contributed by atoms with van der Waals surface area (Å²) in [5.74, 6) is 0.672. The lowest BCUT2D eigenvalue weighted by Crippen LogP contribution is -2.46. The third kappa shape index (κ3) is 4.20. The highest BCUT2D eigenvalue weighted by atomic mass is 32.1. The van der Waals surface area contributed by atoms with E-state index >= 15 is 0 Å². The molecule has 4 aromatic heterocycles. The molecule has 1 aliphatic heterocycles. The summed E-state index contributed by atoms with van der Waals surface area (Å²) >= 11 is 1.86. The fourth-order valence-corrected chi connectivity index (χ4v) is 11.5. The van der Waals surface area contributed by atoms with Crippen molar-refractivity contribution in [3.05, 3.63) is 210 Å². The van der Waals surface area contributed by atoms with Crippen molar-refractivity contribution in [3.8, 4) is 0 Å². The standard InChI is InChI=1S/C53H33N3OS/c1-6-23-41-32(14-1)30-31-48(54-41)56-43-25-8-3-16-35(43)51(38-20-12-27-45-49(38)36-17-4-9-26-44(36)57-45)53(56,39-21-13-29-47-50(39)37-18-5-10-28-46(37)58-47)40-22-11-19-34-33-15-2-7-24-42(33)55-52(34)40/h1-31,51,55H. The summed E-state index contributed by atoms with van der Waals surface area (Å²) in [5.41, 5.74) is 10.1. The number of aromatic nitrogens is 2. The first kappa shape index (κ1) is 31.9. The highest BCUT2D eigenvalue weighted by Gasteiger charge is 2.57. The molecule has 0 saturated heterocycles. The number of thiophene rings is 1. The van der Waals surface area contributed by atoms with Crippen LogP contribution in [0.1, 0.15) is 28.2 Å². The van der Waals surface area contributed by atoms with Crippen LogP contribution in [0.5, 0.6) is 0 Å². The monoisotopic (exact) mass is 759 g/mol. The van der Waals surface area contributed by atoms with E-state index in [4.69, 9.17) is 9.40 Å². The molecular weight excluding hydrogens is 727 g/mol. The van der Waals surface area contributed by atoms with Crippen molar-refractivity contribution in [2.75, 3.05) is 4.90 Å². The van der Waals surface area contributed by atoms with Gasteiger partial charge in [0.2, 0.25) is 0 Å². The summed E-state index contributed by atoms with van der Waals surface area (Å²) < 4.78 is 9.21. The lowest BCUT2D eigenvalue weighted by Gasteiger charge is -2.45. The van der Waals surface area contributed by atoms with Gasteiger partial charge in [0, 0.05) is 69.8 Å². The highest BCUT2D eigenvalue weighted by Crippen LogP contribution is 2.65. The fraction of sp³-hybridized carbons (Fsp3) is 0.0377. The number of pyridine rings is 1. The second-order valence-electron chi connectivity index (χ2n) is 15.5. The number of para-hydroxylation sites is 5. The zero-order valence-electron chi connectivity index (χ0n) is 31.2. The molecule has 2 unspecified atom stereocenters. The van der Waals surface area contributed by atoms with Crippen molar-refractivity contribution in [1.29, 1.82) is 0 Å². The molecule has 0 spiro atoms. The Morgan fingerprint density at radius 3 is 2.17 bits per heavy atom. The Balaban J connectivity index is 1.29. The van der Waals surface area contributed by atoms with E-state index in [2.05, 4.69) is 198 Å². The molecule has 0 fully saturated rings. The van der Waals surface area contributed by atoms with Crippen LogP contribution in [0.25, 0.3) is 74.8 Å². The van der Waals surface area contributed by atoms with E-state index in [1.807, 2.05) is 11.3 Å². The Hall–Kier alpha value is -7.21. The molecule has 8 aromatic carbocycles. The molecule has 0 bridgehead atoms. The number of anilines is 2. The van der Waals surface area contributed by atoms with Crippen LogP contribution in [-0.4, -0.2) is 9.97 Å². The van der Waals surface area contributed by atoms with Gasteiger partial charge in [-0.15, -0.1) is 11.3 Å². The number of rotatable bonds is 4. The zero-order valence-corrected chi connectivity index (χ0v) is 32.0. The molecule has 1 aliphatic rings. The van der Waals surface area contributed by atoms with Gasteiger partial charge >= 0.3 is 0 Å².